The van der Waals surface area contributed by atoms with Gasteiger partial charge in [0.1, 0.15) is 12.4 Å². The van der Waals surface area contributed by atoms with E-state index >= 15 is 0 Å². The molecule has 1 N–H and O–H groups in total. The maximum absolute atomic E-state index is 10.9. The zero-order valence-corrected chi connectivity index (χ0v) is 11.0. The third-order valence-corrected chi connectivity index (χ3v) is 3.37. The van der Waals surface area contributed by atoms with Crippen LogP contribution in [0.3, 0.4) is 0 Å². The molecule has 0 bridgehead atoms. The molecule has 1 aliphatic rings. The molecule has 4 heteroatoms. The highest BCUT2D eigenvalue weighted by Gasteiger charge is 2.21. The van der Waals surface area contributed by atoms with E-state index in [9.17, 15) is 4.79 Å². The van der Waals surface area contributed by atoms with Gasteiger partial charge in [-0.1, -0.05) is 30.3 Å². The molecule has 0 saturated carbocycles. The second-order valence-electron chi connectivity index (χ2n) is 4.68. The van der Waals surface area contributed by atoms with Crippen molar-refractivity contribution in [3.63, 3.8) is 0 Å². The van der Waals surface area contributed by atoms with Crippen LogP contribution in [0.25, 0.3) is 0 Å². The number of anilines is 2. The van der Waals surface area contributed by atoms with Crippen molar-refractivity contribution in [3.05, 3.63) is 54.1 Å². The minimum absolute atomic E-state index is 0.0860. The molecule has 0 unspecified atom stereocenters. The predicted octanol–water partition coefficient (Wildman–Crippen LogP) is 3.19. The molecule has 0 spiro atoms. The van der Waals surface area contributed by atoms with Crippen LogP contribution in [0.2, 0.25) is 0 Å². The van der Waals surface area contributed by atoms with E-state index in [1.54, 1.807) is 0 Å². The van der Waals surface area contributed by atoms with Gasteiger partial charge in [-0.3, -0.25) is 4.79 Å². The average molecular weight is 269 g/mol. The van der Waals surface area contributed by atoms with Gasteiger partial charge >= 0.3 is 5.97 Å². The number of hydrogen-bond donors (Lipinski definition) is 1. The van der Waals surface area contributed by atoms with Crippen LogP contribution in [0.15, 0.2) is 48.5 Å². The molecule has 102 valence electrons. The second kappa shape index (κ2) is 5.25. The summed E-state index contributed by atoms with van der Waals surface area (Å²) in [6, 6.07) is 15.7. The number of carbonyl (C=O) groups is 1. The molecule has 1 heterocycles. The number of ether oxygens (including phenoxy) is 1. The molecular formula is C16H15NO3. The second-order valence-corrected chi connectivity index (χ2v) is 4.68. The minimum atomic E-state index is -0.801. The number of carboxylic acids is 1. The number of hydrogen-bond acceptors (Lipinski definition) is 3. The third kappa shape index (κ3) is 2.32. The number of carboxylic acid groups (broad SMARTS) is 1. The standard InChI is InChI=1S/C16H15NO3/c18-16(19)9-10-17-13-6-2-1-5-12(13)11-20-15-8-4-3-7-14(15)17/h1-8H,9-11H2,(H,18,19). The lowest BCUT2D eigenvalue weighted by Crippen LogP contribution is -2.21. The Balaban J connectivity index is 2.06. The summed E-state index contributed by atoms with van der Waals surface area (Å²) < 4.78 is 5.82. The number of benzene rings is 2. The number of nitrogens with zero attached hydrogens (tertiary/aromatic N) is 1. The fourth-order valence-corrected chi connectivity index (χ4v) is 2.43. The van der Waals surface area contributed by atoms with Crippen LogP contribution in [-0.2, 0) is 11.4 Å². The van der Waals surface area contributed by atoms with Crippen molar-refractivity contribution in [1.29, 1.82) is 0 Å². The Labute approximate surface area is 117 Å². The van der Waals surface area contributed by atoms with Gasteiger partial charge in [0.15, 0.2) is 0 Å². The molecule has 4 nitrogen and oxygen atoms in total. The molecule has 0 fully saturated rings. The zero-order valence-electron chi connectivity index (χ0n) is 11.0. The number of para-hydroxylation sites is 3. The Bertz CT molecular complexity index is 592. The molecule has 0 radical (unpaired) electrons. The average Bonchev–Trinajstić information content (AvgIpc) is 2.62. The zero-order chi connectivity index (χ0) is 13.9. The van der Waals surface area contributed by atoms with Crippen molar-refractivity contribution in [2.75, 3.05) is 11.4 Å². The monoisotopic (exact) mass is 269 g/mol. The van der Waals surface area contributed by atoms with E-state index in [1.165, 1.54) is 0 Å². The van der Waals surface area contributed by atoms with Gasteiger partial charge in [0.2, 0.25) is 0 Å². The SMILES string of the molecule is O=C(O)CCN1c2ccccc2COc2ccccc21. The van der Waals surface area contributed by atoms with Crippen LogP contribution in [-0.4, -0.2) is 17.6 Å². The first-order valence-electron chi connectivity index (χ1n) is 6.55. The summed E-state index contributed by atoms with van der Waals surface area (Å²) >= 11 is 0. The molecule has 0 amide bonds. The van der Waals surface area contributed by atoms with Gasteiger partial charge < -0.3 is 14.7 Å². The van der Waals surface area contributed by atoms with E-state index in [0.717, 1.165) is 22.7 Å². The van der Waals surface area contributed by atoms with Crippen LogP contribution >= 0.6 is 0 Å². The van der Waals surface area contributed by atoms with Crippen LogP contribution in [0.4, 0.5) is 11.4 Å². The van der Waals surface area contributed by atoms with Crippen LogP contribution in [0, 0.1) is 0 Å². The van der Waals surface area contributed by atoms with E-state index in [0.29, 0.717) is 13.2 Å². The molecule has 0 saturated heterocycles. The van der Waals surface area contributed by atoms with Gasteiger partial charge in [-0.2, -0.15) is 0 Å². The Hall–Kier alpha value is -2.49. The molecule has 3 rings (SSSR count). The van der Waals surface area contributed by atoms with Gasteiger partial charge in [-0.05, 0) is 18.2 Å². The van der Waals surface area contributed by atoms with Crippen molar-refractivity contribution >= 4 is 17.3 Å². The van der Waals surface area contributed by atoms with E-state index in [2.05, 4.69) is 0 Å². The van der Waals surface area contributed by atoms with Gasteiger partial charge in [0, 0.05) is 17.8 Å². The van der Waals surface area contributed by atoms with Crippen molar-refractivity contribution < 1.29 is 14.6 Å². The highest BCUT2D eigenvalue weighted by molar-refractivity contribution is 5.75. The number of aliphatic carboxylic acids is 1. The first-order valence-corrected chi connectivity index (χ1v) is 6.55. The van der Waals surface area contributed by atoms with Crippen LogP contribution in [0.5, 0.6) is 5.75 Å². The van der Waals surface area contributed by atoms with E-state index < -0.39 is 5.97 Å². The molecule has 20 heavy (non-hydrogen) atoms. The lowest BCUT2D eigenvalue weighted by molar-refractivity contribution is -0.136. The van der Waals surface area contributed by atoms with E-state index in [4.69, 9.17) is 9.84 Å². The summed E-state index contributed by atoms with van der Waals surface area (Å²) in [4.78, 5) is 12.9. The van der Waals surface area contributed by atoms with E-state index in [1.807, 2.05) is 53.4 Å². The summed E-state index contributed by atoms with van der Waals surface area (Å²) in [6.45, 7) is 0.920. The molecule has 0 atom stereocenters. The van der Waals surface area contributed by atoms with Crippen LogP contribution < -0.4 is 9.64 Å². The molecule has 0 aromatic heterocycles. The fraction of sp³-hybridized carbons (Fsp3) is 0.188. The summed E-state index contributed by atoms with van der Waals surface area (Å²) in [5, 5.41) is 8.95. The van der Waals surface area contributed by atoms with Crippen molar-refractivity contribution in [1.82, 2.24) is 0 Å². The molecule has 0 aliphatic carbocycles. The maximum Gasteiger partial charge on any atom is 0.305 e. The molecular weight excluding hydrogens is 254 g/mol. The quantitative estimate of drug-likeness (QED) is 0.929. The largest absolute Gasteiger partial charge is 0.487 e. The van der Waals surface area contributed by atoms with Crippen molar-refractivity contribution in [2.45, 2.75) is 13.0 Å². The van der Waals surface area contributed by atoms with Gasteiger partial charge in [-0.15, -0.1) is 0 Å². The lowest BCUT2D eigenvalue weighted by atomic mass is 10.1. The van der Waals surface area contributed by atoms with Gasteiger partial charge in [0.05, 0.1) is 12.1 Å². The summed E-state index contributed by atoms with van der Waals surface area (Å²) in [6.07, 6.45) is 0.0860. The number of rotatable bonds is 3. The minimum Gasteiger partial charge on any atom is -0.487 e. The highest BCUT2D eigenvalue weighted by Crippen LogP contribution is 2.39. The number of fused-ring (bicyclic) bond motifs is 2. The smallest absolute Gasteiger partial charge is 0.305 e. The van der Waals surface area contributed by atoms with E-state index in [-0.39, 0.29) is 6.42 Å². The van der Waals surface area contributed by atoms with Crippen LogP contribution in [0.1, 0.15) is 12.0 Å². The fourth-order valence-electron chi connectivity index (χ4n) is 2.43. The maximum atomic E-state index is 10.9. The Morgan fingerprint density at radius 1 is 1.10 bits per heavy atom. The summed E-state index contributed by atoms with van der Waals surface area (Å²) in [7, 11) is 0. The summed E-state index contributed by atoms with van der Waals surface area (Å²) in [5.74, 6) is -0.0146. The van der Waals surface area contributed by atoms with Gasteiger partial charge in [0.25, 0.3) is 0 Å². The normalized spacial score (nSPS) is 12.9. The predicted molar refractivity (Wildman–Crippen MR) is 76.5 cm³/mol. The molecule has 2 aromatic carbocycles. The molecule has 2 aromatic rings. The Morgan fingerprint density at radius 3 is 2.60 bits per heavy atom. The lowest BCUT2D eigenvalue weighted by Gasteiger charge is -2.24. The Kier molecular flexibility index (Phi) is 3.29. The molecule has 1 aliphatic heterocycles. The third-order valence-electron chi connectivity index (χ3n) is 3.37. The summed E-state index contributed by atoms with van der Waals surface area (Å²) in [5.41, 5.74) is 2.99. The first-order chi connectivity index (χ1) is 9.75. The van der Waals surface area contributed by atoms with Gasteiger partial charge in [-0.25, -0.2) is 0 Å². The highest BCUT2D eigenvalue weighted by atomic mass is 16.5. The van der Waals surface area contributed by atoms with Crippen molar-refractivity contribution in [2.24, 2.45) is 0 Å². The van der Waals surface area contributed by atoms with Crippen molar-refractivity contribution in [3.8, 4) is 5.75 Å². The first kappa shape index (κ1) is 12.5. The Morgan fingerprint density at radius 2 is 1.80 bits per heavy atom. The topological polar surface area (TPSA) is 49.8 Å².